The summed E-state index contributed by atoms with van der Waals surface area (Å²) in [6.45, 7) is 6.29. The van der Waals surface area contributed by atoms with E-state index in [2.05, 4.69) is 5.43 Å². The number of hydrogen-bond donors (Lipinski definition) is 2. The van der Waals surface area contributed by atoms with Crippen molar-refractivity contribution in [1.82, 2.24) is 5.43 Å². The lowest BCUT2D eigenvalue weighted by Crippen LogP contribution is -2.44. The van der Waals surface area contributed by atoms with Crippen molar-refractivity contribution in [2.45, 2.75) is 20.8 Å². The fourth-order valence-electron chi connectivity index (χ4n) is 1.35. The minimum Gasteiger partial charge on any atom is -0.494 e. The number of carbonyl (C=O) groups is 1. The monoisotopic (exact) mass is 252 g/mol. The molecule has 0 spiro atoms. The van der Waals surface area contributed by atoms with E-state index in [0.717, 1.165) is 5.75 Å². The average molecular weight is 252 g/mol. The van der Waals surface area contributed by atoms with Crippen molar-refractivity contribution in [2.75, 3.05) is 13.2 Å². The van der Waals surface area contributed by atoms with E-state index in [0.29, 0.717) is 12.4 Å². The summed E-state index contributed by atoms with van der Waals surface area (Å²) in [6.07, 6.45) is 0. The molecule has 0 bridgehead atoms. The summed E-state index contributed by atoms with van der Waals surface area (Å²) < 4.78 is 11.0. The molecule has 0 radical (unpaired) electrons. The number of rotatable bonds is 6. The first kappa shape index (κ1) is 14.3. The molecule has 0 aliphatic rings. The van der Waals surface area contributed by atoms with Crippen molar-refractivity contribution in [3.8, 4) is 11.5 Å². The molecule has 100 valence electrons. The molecule has 1 amide bonds. The molecular weight excluding hydrogens is 232 g/mol. The van der Waals surface area contributed by atoms with Gasteiger partial charge in [0.2, 0.25) is 5.91 Å². The standard InChI is InChI=1S/C13H20N2O3/c1-4-17-10-6-5-7-11(8-10)18-9-13(2,3)12(16)15-14/h5-8H,4,9,14H2,1-3H3,(H,15,16). The van der Waals surface area contributed by atoms with Gasteiger partial charge in [0.1, 0.15) is 18.1 Å². The van der Waals surface area contributed by atoms with Crippen molar-refractivity contribution >= 4 is 5.91 Å². The predicted octanol–water partition coefficient (Wildman–Crippen LogP) is 1.48. The molecular formula is C13H20N2O3. The van der Waals surface area contributed by atoms with Crippen LogP contribution in [0.1, 0.15) is 20.8 Å². The molecule has 0 aliphatic heterocycles. The highest BCUT2D eigenvalue weighted by Gasteiger charge is 2.27. The Morgan fingerprint density at radius 1 is 1.33 bits per heavy atom. The minimum atomic E-state index is -0.684. The zero-order valence-electron chi connectivity index (χ0n) is 11.0. The largest absolute Gasteiger partial charge is 0.494 e. The number of benzene rings is 1. The van der Waals surface area contributed by atoms with E-state index in [4.69, 9.17) is 15.3 Å². The topological polar surface area (TPSA) is 73.6 Å². The maximum atomic E-state index is 11.5. The van der Waals surface area contributed by atoms with Gasteiger partial charge < -0.3 is 9.47 Å². The van der Waals surface area contributed by atoms with Gasteiger partial charge in [-0.3, -0.25) is 10.2 Å². The zero-order valence-corrected chi connectivity index (χ0v) is 11.0. The second-order valence-electron chi connectivity index (χ2n) is 4.55. The lowest BCUT2D eigenvalue weighted by atomic mass is 9.94. The highest BCUT2D eigenvalue weighted by atomic mass is 16.5. The van der Waals surface area contributed by atoms with Gasteiger partial charge in [-0.2, -0.15) is 0 Å². The Balaban J connectivity index is 2.63. The Kier molecular flexibility index (Phi) is 4.97. The summed E-state index contributed by atoms with van der Waals surface area (Å²) in [5, 5.41) is 0. The second-order valence-corrected chi connectivity index (χ2v) is 4.55. The van der Waals surface area contributed by atoms with Crippen LogP contribution in [0.2, 0.25) is 0 Å². The molecule has 5 heteroatoms. The second kappa shape index (κ2) is 6.26. The van der Waals surface area contributed by atoms with Crippen LogP contribution >= 0.6 is 0 Å². The van der Waals surface area contributed by atoms with Gasteiger partial charge >= 0.3 is 0 Å². The minimum absolute atomic E-state index is 0.242. The van der Waals surface area contributed by atoms with Crippen LogP contribution in [0.25, 0.3) is 0 Å². The number of nitrogens with two attached hydrogens (primary N) is 1. The molecule has 0 heterocycles. The van der Waals surface area contributed by atoms with Crippen LogP contribution in [-0.4, -0.2) is 19.1 Å². The van der Waals surface area contributed by atoms with Crippen LogP contribution in [0, 0.1) is 5.41 Å². The summed E-state index contributed by atoms with van der Waals surface area (Å²) in [6, 6.07) is 7.31. The SMILES string of the molecule is CCOc1cccc(OCC(C)(C)C(=O)NN)c1. The maximum Gasteiger partial charge on any atom is 0.242 e. The third kappa shape index (κ3) is 3.92. The van der Waals surface area contributed by atoms with Crippen molar-refractivity contribution in [3.63, 3.8) is 0 Å². The van der Waals surface area contributed by atoms with E-state index in [9.17, 15) is 4.79 Å². The Morgan fingerprint density at radius 3 is 2.50 bits per heavy atom. The Bertz CT molecular complexity index is 405. The van der Waals surface area contributed by atoms with Crippen molar-refractivity contribution < 1.29 is 14.3 Å². The van der Waals surface area contributed by atoms with Crippen LogP contribution in [0.3, 0.4) is 0 Å². The predicted molar refractivity (Wildman–Crippen MR) is 69.2 cm³/mol. The Labute approximate surface area is 107 Å². The molecule has 18 heavy (non-hydrogen) atoms. The van der Waals surface area contributed by atoms with E-state index in [1.807, 2.05) is 25.1 Å². The fraction of sp³-hybridized carbons (Fsp3) is 0.462. The summed E-state index contributed by atoms with van der Waals surface area (Å²) in [5.74, 6) is 6.27. The molecule has 0 aliphatic carbocycles. The van der Waals surface area contributed by atoms with Crippen LogP contribution in [-0.2, 0) is 4.79 Å². The van der Waals surface area contributed by atoms with E-state index < -0.39 is 5.41 Å². The van der Waals surface area contributed by atoms with Crippen molar-refractivity contribution in [1.29, 1.82) is 0 Å². The molecule has 0 saturated heterocycles. The van der Waals surface area contributed by atoms with Crippen LogP contribution in [0.5, 0.6) is 11.5 Å². The lowest BCUT2D eigenvalue weighted by Gasteiger charge is -2.22. The molecule has 1 aromatic carbocycles. The summed E-state index contributed by atoms with van der Waals surface area (Å²) in [5.41, 5.74) is 1.45. The molecule has 1 aromatic rings. The maximum absolute atomic E-state index is 11.5. The third-order valence-corrected chi connectivity index (χ3v) is 2.46. The van der Waals surface area contributed by atoms with Gasteiger partial charge in [0.25, 0.3) is 0 Å². The molecule has 0 atom stereocenters. The van der Waals surface area contributed by atoms with E-state index in [-0.39, 0.29) is 12.5 Å². The van der Waals surface area contributed by atoms with Crippen molar-refractivity contribution in [3.05, 3.63) is 24.3 Å². The molecule has 0 aromatic heterocycles. The summed E-state index contributed by atoms with van der Waals surface area (Å²) in [7, 11) is 0. The van der Waals surface area contributed by atoms with E-state index >= 15 is 0 Å². The van der Waals surface area contributed by atoms with Crippen molar-refractivity contribution in [2.24, 2.45) is 11.3 Å². The number of ether oxygens (including phenoxy) is 2. The average Bonchev–Trinajstić information content (AvgIpc) is 2.36. The van der Waals surface area contributed by atoms with Crippen LogP contribution in [0.15, 0.2) is 24.3 Å². The highest BCUT2D eigenvalue weighted by Crippen LogP contribution is 2.22. The molecule has 5 nitrogen and oxygen atoms in total. The summed E-state index contributed by atoms with van der Waals surface area (Å²) in [4.78, 5) is 11.5. The molecule has 0 unspecified atom stereocenters. The van der Waals surface area contributed by atoms with Crippen LogP contribution in [0.4, 0.5) is 0 Å². The number of nitrogens with one attached hydrogen (secondary N) is 1. The van der Waals surface area contributed by atoms with Gasteiger partial charge in [0.05, 0.1) is 12.0 Å². The number of amides is 1. The molecule has 0 saturated carbocycles. The lowest BCUT2D eigenvalue weighted by molar-refractivity contribution is -0.130. The smallest absolute Gasteiger partial charge is 0.242 e. The molecule has 0 fully saturated rings. The van der Waals surface area contributed by atoms with Gasteiger partial charge in [-0.25, -0.2) is 5.84 Å². The first-order valence-electron chi connectivity index (χ1n) is 5.86. The van der Waals surface area contributed by atoms with Gasteiger partial charge in [0, 0.05) is 6.07 Å². The first-order valence-corrected chi connectivity index (χ1v) is 5.86. The Morgan fingerprint density at radius 2 is 1.94 bits per heavy atom. The Hall–Kier alpha value is -1.75. The normalized spacial score (nSPS) is 10.9. The zero-order chi connectivity index (χ0) is 13.6. The van der Waals surface area contributed by atoms with Crippen LogP contribution < -0.4 is 20.7 Å². The highest BCUT2D eigenvalue weighted by molar-refractivity contribution is 5.81. The number of carbonyl (C=O) groups excluding carboxylic acids is 1. The molecule has 3 N–H and O–H groups in total. The molecule has 1 rings (SSSR count). The van der Waals surface area contributed by atoms with Gasteiger partial charge in [-0.1, -0.05) is 6.07 Å². The quantitative estimate of drug-likeness (QED) is 0.457. The van der Waals surface area contributed by atoms with Gasteiger partial charge in [0.15, 0.2) is 0 Å². The van der Waals surface area contributed by atoms with E-state index in [1.165, 1.54) is 0 Å². The summed E-state index contributed by atoms with van der Waals surface area (Å²) >= 11 is 0. The number of hydrogen-bond acceptors (Lipinski definition) is 4. The third-order valence-electron chi connectivity index (χ3n) is 2.46. The first-order chi connectivity index (χ1) is 8.49. The number of hydrazine groups is 1. The van der Waals surface area contributed by atoms with Gasteiger partial charge in [-0.15, -0.1) is 0 Å². The van der Waals surface area contributed by atoms with E-state index in [1.54, 1.807) is 19.9 Å². The van der Waals surface area contributed by atoms with Gasteiger partial charge in [-0.05, 0) is 32.9 Å². The fourth-order valence-corrected chi connectivity index (χ4v) is 1.35.